The van der Waals surface area contributed by atoms with Gasteiger partial charge in [0.1, 0.15) is 5.82 Å². The number of carbonyl (C=O) groups excluding carboxylic acids is 1. The largest absolute Gasteiger partial charge is 0.384 e. The van der Waals surface area contributed by atoms with Gasteiger partial charge in [0.05, 0.1) is 16.6 Å². The SMILES string of the molecule is CN(C)CCN1Cc2cc3[nH]c(C4=C(NCCc5c(F)c(F)cc(F)c5F)C=CNC4O)nc3cc2C1=O. The number of carbonyl (C=O) groups is 1. The number of amides is 1. The molecule has 2 aliphatic heterocycles. The molecule has 1 unspecified atom stereocenters. The summed E-state index contributed by atoms with van der Waals surface area (Å²) in [5.74, 6) is -5.57. The third-order valence-electron chi connectivity index (χ3n) is 6.62. The summed E-state index contributed by atoms with van der Waals surface area (Å²) < 4.78 is 55.1. The van der Waals surface area contributed by atoms with Crippen LogP contribution in [-0.2, 0) is 13.0 Å². The summed E-state index contributed by atoms with van der Waals surface area (Å²) in [6.07, 6.45) is 1.57. The number of aromatic amines is 1. The van der Waals surface area contributed by atoms with Crippen molar-refractivity contribution in [2.45, 2.75) is 19.2 Å². The lowest BCUT2D eigenvalue weighted by atomic mass is 10.1. The molecule has 1 aromatic heterocycles. The number of hydrogen-bond donors (Lipinski definition) is 4. The highest BCUT2D eigenvalue weighted by molar-refractivity contribution is 6.01. The number of allylic oxidation sites excluding steroid dienone is 1. The van der Waals surface area contributed by atoms with E-state index in [-0.39, 0.29) is 24.9 Å². The summed E-state index contributed by atoms with van der Waals surface area (Å²) in [6.45, 7) is 1.76. The zero-order valence-electron chi connectivity index (χ0n) is 20.7. The number of imidazole rings is 1. The molecule has 0 spiro atoms. The number of H-pyrrole nitrogens is 1. The van der Waals surface area contributed by atoms with Crippen molar-refractivity contribution in [1.29, 1.82) is 0 Å². The van der Waals surface area contributed by atoms with Gasteiger partial charge in [-0.25, -0.2) is 22.5 Å². The normalized spacial score (nSPS) is 17.1. The van der Waals surface area contributed by atoms with Gasteiger partial charge in [0.15, 0.2) is 29.5 Å². The van der Waals surface area contributed by atoms with Gasteiger partial charge in [0.2, 0.25) is 0 Å². The van der Waals surface area contributed by atoms with E-state index in [4.69, 9.17) is 0 Å². The number of rotatable bonds is 8. The van der Waals surface area contributed by atoms with Gasteiger partial charge in [-0.2, -0.15) is 0 Å². The zero-order chi connectivity index (χ0) is 27.1. The Morgan fingerprint density at radius 2 is 1.89 bits per heavy atom. The van der Waals surface area contributed by atoms with Crippen molar-refractivity contribution >= 4 is 22.5 Å². The van der Waals surface area contributed by atoms with Gasteiger partial charge in [-0.15, -0.1) is 0 Å². The molecule has 200 valence electrons. The molecular weight excluding hydrogens is 504 g/mol. The molecule has 0 saturated heterocycles. The third kappa shape index (κ3) is 4.72. The monoisotopic (exact) mass is 530 g/mol. The van der Waals surface area contributed by atoms with Gasteiger partial charge in [0, 0.05) is 55.3 Å². The van der Waals surface area contributed by atoms with Gasteiger partial charge in [-0.3, -0.25) is 4.79 Å². The minimum atomic E-state index is -1.47. The smallest absolute Gasteiger partial charge is 0.254 e. The quantitative estimate of drug-likeness (QED) is 0.264. The minimum Gasteiger partial charge on any atom is -0.384 e. The van der Waals surface area contributed by atoms with Crippen molar-refractivity contribution in [1.82, 2.24) is 30.4 Å². The Balaban J connectivity index is 1.40. The van der Waals surface area contributed by atoms with Gasteiger partial charge in [-0.05, 0) is 44.3 Å². The van der Waals surface area contributed by atoms with E-state index in [0.717, 1.165) is 12.1 Å². The van der Waals surface area contributed by atoms with Crippen LogP contribution in [0.4, 0.5) is 17.6 Å². The fraction of sp³-hybridized carbons (Fsp3) is 0.308. The van der Waals surface area contributed by atoms with Gasteiger partial charge >= 0.3 is 0 Å². The second kappa shape index (κ2) is 10.1. The molecule has 1 amide bonds. The molecule has 5 rings (SSSR count). The van der Waals surface area contributed by atoms with E-state index in [1.807, 2.05) is 25.1 Å². The van der Waals surface area contributed by atoms with Crippen molar-refractivity contribution in [2.24, 2.45) is 0 Å². The molecule has 0 bridgehead atoms. The molecule has 2 aliphatic rings. The van der Waals surface area contributed by atoms with Gasteiger partial charge in [-0.1, -0.05) is 0 Å². The maximum absolute atomic E-state index is 14.0. The van der Waals surface area contributed by atoms with E-state index >= 15 is 0 Å². The highest BCUT2D eigenvalue weighted by Gasteiger charge is 2.29. The molecule has 0 aliphatic carbocycles. The fourth-order valence-corrected chi connectivity index (χ4v) is 4.63. The Morgan fingerprint density at radius 3 is 2.61 bits per heavy atom. The number of aliphatic hydroxyl groups is 1. The lowest BCUT2D eigenvalue weighted by Crippen LogP contribution is -2.33. The Labute approximate surface area is 215 Å². The van der Waals surface area contributed by atoms with Crippen LogP contribution < -0.4 is 10.6 Å². The molecule has 4 N–H and O–H groups in total. The Kier molecular flexibility index (Phi) is 6.84. The van der Waals surface area contributed by atoms with Gasteiger partial charge in [0.25, 0.3) is 5.91 Å². The van der Waals surface area contributed by atoms with Crippen LogP contribution in [0.25, 0.3) is 16.6 Å². The molecule has 0 radical (unpaired) electrons. The number of dihydropyridines is 1. The summed E-state index contributed by atoms with van der Waals surface area (Å²) >= 11 is 0. The maximum atomic E-state index is 14.0. The van der Waals surface area contributed by atoms with Crippen molar-refractivity contribution < 1.29 is 27.5 Å². The predicted octanol–water partition coefficient (Wildman–Crippen LogP) is 2.62. The lowest BCUT2D eigenvalue weighted by molar-refractivity contribution is 0.0768. The topological polar surface area (TPSA) is 96.5 Å². The number of halogens is 4. The Bertz CT molecular complexity index is 1460. The summed E-state index contributed by atoms with van der Waals surface area (Å²) in [5, 5.41) is 16.4. The summed E-state index contributed by atoms with van der Waals surface area (Å²) in [7, 11) is 3.89. The van der Waals surface area contributed by atoms with Crippen LogP contribution in [0.15, 0.2) is 36.2 Å². The van der Waals surface area contributed by atoms with Crippen LogP contribution >= 0.6 is 0 Å². The minimum absolute atomic E-state index is 0.0644. The predicted molar refractivity (Wildman–Crippen MR) is 133 cm³/mol. The van der Waals surface area contributed by atoms with Crippen molar-refractivity contribution in [3.63, 3.8) is 0 Å². The van der Waals surface area contributed by atoms with Crippen LogP contribution in [-0.4, -0.2) is 70.7 Å². The first-order valence-electron chi connectivity index (χ1n) is 12.0. The van der Waals surface area contributed by atoms with E-state index in [1.54, 1.807) is 17.0 Å². The summed E-state index contributed by atoms with van der Waals surface area (Å²) in [5.41, 5.74) is 2.68. The Morgan fingerprint density at radius 1 is 1.16 bits per heavy atom. The average molecular weight is 531 g/mol. The third-order valence-corrected chi connectivity index (χ3v) is 6.62. The highest BCUT2D eigenvalue weighted by atomic mass is 19.2. The van der Waals surface area contributed by atoms with Crippen LogP contribution in [0, 0.1) is 23.3 Å². The molecule has 1 atom stereocenters. The highest BCUT2D eigenvalue weighted by Crippen LogP contribution is 2.30. The zero-order valence-corrected chi connectivity index (χ0v) is 20.7. The van der Waals surface area contributed by atoms with E-state index in [9.17, 15) is 27.5 Å². The first-order valence-corrected chi connectivity index (χ1v) is 12.0. The van der Waals surface area contributed by atoms with E-state index < -0.39 is 35.1 Å². The molecule has 3 heterocycles. The number of aromatic nitrogens is 2. The van der Waals surface area contributed by atoms with Crippen LogP contribution in [0.1, 0.15) is 27.3 Å². The van der Waals surface area contributed by atoms with Crippen molar-refractivity contribution in [2.75, 3.05) is 33.7 Å². The number of nitrogens with one attached hydrogen (secondary N) is 3. The van der Waals surface area contributed by atoms with E-state index in [2.05, 4.69) is 20.6 Å². The van der Waals surface area contributed by atoms with Crippen LogP contribution in [0.2, 0.25) is 0 Å². The molecule has 3 aromatic rings. The van der Waals surface area contributed by atoms with E-state index in [1.165, 1.54) is 6.20 Å². The number of benzene rings is 2. The van der Waals surface area contributed by atoms with E-state index in [0.29, 0.717) is 46.8 Å². The first-order chi connectivity index (χ1) is 18.1. The molecule has 0 fully saturated rings. The van der Waals surface area contributed by atoms with Crippen molar-refractivity contribution in [3.8, 4) is 0 Å². The average Bonchev–Trinajstić information content (AvgIpc) is 3.42. The van der Waals surface area contributed by atoms with Gasteiger partial charge < -0.3 is 30.5 Å². The summed E-state index contributed by atoms with van der Waals surface area (Å²) in [6, 6.07) is 3.75. The van der Waals surface area contributed by atoms with Crippen molar-refractivity contribution in [3.05, 3.63) is 82.0 Å². The second-order valence-corrected chi connectivity index (χ2v) is 9.50. The number of fused-ring (bicyclic) bond motifs is 2. The Hall–Kier alpha value is -3.90. The molecular formula is C26H26F4N6O2. The maximum Gasteiger partial charge on any atom is 0.254 e. The molecule has 12 heteroatoms. The number of aliphatic hydroxyl groups excluding tert-OH is 1. The number of hydrogen-bond acceptors (Lipinski definition) is 6. The number of nitrogens with zero attached hydrogens (tertiary/aromatic N) is 3. The lowest BCUT2D eigenvalue weighted by Gasteiger charge is -2.22. The molecule has 2 aromatic carbocycles. The molecule has 8 nitrogen and oxygen atoms in total. The van der Waals surface area contributed by atoms with Crippen LogP contribution in [0.5, 0.6) is 0 Å². The number of likely N-dealkylation sites (N-methyl/N-ethyl adjacent to an activating group) is 1. The standard InChI is InChI=1S/C26H26F4N6O2/c1-35(2)7-8-36-12-13-9-19-20(10-15(13)26(36)38)34-24(33-19)21-18(4-6-32-25(21)37)31-5-3-14-22(29)16(27)11-17(28)23(14)30/h4,6,9-11,25,31-32,37H,3,5,7-8,12H2,1-2H3,(H,33,34). The molecule has 0 saturated carbocycles. The van der Waals surface area contributed by atoms with Crippen LogP contribution in [0.3, 0.4) is 0 Å². The molecule has 38 heavy (non-hydrogen) atoms. The fourth-order valence-electron chi connectivity index (χ4n) is 4.63. The summed E-state index contributed by atoms with van der Waals surface area (Å²) in [4.78, 5) is 24.4. The second-order valence-electron chi connectivity index (χ2n) is 9.50. The first kappa shape index (κ1) is 25.7.